The van der Waals surface area contributed by atoms with Crippen molar-refractivity contribution in [2.45, 2.75) is 40.2 Å². The Morgan fingerprint density at radius 1 is 1.29 bits per heavy atom. The summed E-state index contributed by atoms with van der Waals surface area (Å²) in [6, 6.07) is 7.82. The minimum Gasteiger partial charge on any atom is -0.338 e. The molecular weight excluding hydrogens is 264 g/mol. The van der Waals surface area contributed by atoms with Gasteiger partial charge in [-0.2, -0.15) is 0 Å². The fourth-order valence-electron chi connectivity index (χ4n) is 2.50. The molecule has 0 bridgehead atoms. The maximum atomic E-state index is 12.2. The molecule has 0 unspecified atom stereocenters. The molecule has 1 heterocycles. The third-order valence-electron chi connectivity index (χ3n) is 3.72. The van der Waals surface area contributed by atoms with Crippen molar-refractivity contribution >= 4 is 16.8 Å². The number of aryl methyl sites for hydroxylation is 1. The van der Waals surface area contributed by atoms with Crippen LogP contribution in [-0.2, 0) is 11.3 Å². The van der Waals surface area contributed by atoms with Crippen LogP contribution in [0.2, 0.25) is 0 Å². The first-order chi connectivity index (χ1) is 10.1. The summed E-state index contributed by atoms with van der Waals surface area (Å²) in [6.45, 7) is 6.88. The van der Waals surface area contributed by atoms with E-state index in [1.165, 1.54) is 0 Å². The van der Waals surface area contributed by atoms with E-state index in [1.54, 1.807) is 4.90 Å². The number of nitrogens with zero attached hydrogens (tertiary/aromatic N) is 1. The summed E-state index contributed by atoms with van der Waals surface area (Å²) in [5, 5.41) is 1.00. The molecule has 0 radical (unpaired) electrons. The number of hydrogen-bond acceptors (Lipinski definition) is 2. The highest BCUT2D eigenvalue weighted by molar-refractivity contribution is 5.82. The Morgan fingerprint density at radius 3 is 2.71 bits per heavy atom. The predicted octanol–water partition coefficient (Wildman–Crippen LogP) is 2.99. The Bertz CT molecular complexity index is 703. The van der Waals surface area contributed by atoms with Crippen LogP contribution in [-0.4, -0.2) is 22.3 Å². The summed E-state index contributed by atoms with van der Waals surface area (Å²) in [6.07, 6.45) is 1.35. The number of para-hydroxylation sites is 1. The van der Waals surface area contributed by atoms with E-state index in [2.05, 4.69) is 4.98 Å². The first kappa shape index (κ1) is 15.3. The zero-order valence-corrected chi connectivity index (χ0v) is 12.9. The van der Waals surface area contributed by atoms with Gasteiger partial charge in [-0.05, 0) is 37.3 Å². The van der Waals surface area contributed by atoms with Crippen LogP contribution in [0, 0.1) is 6.92 Å². The molecule has 2 aromatic rings. The standard InChI is InChI=1S/C17H22N2O2/c1-4-7-15(20)19(5-2)11-14-10-13-9-6-8-12(3)16(13)18-17(14)21/h6,8-10H,4-5,7,11H2,1-3H3,(H,18,21). The van der Waals surface area contributed by atoms with E-state index in [-0.39, 0.29) is 11.5 Å². The first-order valence-electron chi connectivity index (χ1n) is 7.46. The van der Waals surface area contributed by atoms with Crippen molar-refractivity contribution in [3.05, 3.63) is 45.7 Å². The molecule has 1 N–H and O–H groups in total. The van der Waals surface area contributed by atoms with Crippen LogP contribution in [0.4, 0.5) is 0 Å². The van der Waals surface area contributed by atoms with Gasteiger partial charge in [0.15, 0.2) is 0 Å². The number of rotatable bonds is 5. The molecule has 4 heteroatoms. The van der Waals surface area contributed by atoms with Gasteiger partial charge in [-0.15, -0.1) is 0 Å². The number of carbonyl (C=O) groups excluding carboxylic acids is 1. The normalized spacial score (nSPS) is 10.8. The van der Waals surface area contributed by atoms with Gasteiger partial charge in [0.05, 0.1) is 12.1 Å². The summed E-state index contributed by atoms with van der Waals surface area (Å²) in [5.74, 6) is 0.101. The van der Waals surface area contributed by atoms with E-state index in [0.717, 1.165) is 22.9 Å². The summed E-state index contributed by atoms with van der Waals surface area (Å²) in [5.41, 5.74) is 2.44. The molecule has 21 heavy (non-hydrogen) atoms. The van der Waals surface area contributed by atoms with Crippen LogP contribution in [0.5, 0.6) is 0 Å². The Balaban J connectivity index is 2.36. The van der Waals surface area contributed by atoms with Crippen LogP contribution in [0.15, 0.2) is 29.1 Å². The zero-order valence-electron chi connectivity index (χ0n) is 12.9. The van der Waals surface area contributed by atoms with Gasteiger partial charge in [0.25, 0.3) is 5.56 Å². The lowest BCUT2D eigenvalue weighted by Crippen LogP contribution is -2.32. The molecule has 0 saturated carbocycles. The summed E-state index contributed by atoms with van der Waals surface area (Å²) >= 11 is 0. The lowest BCUT2D eigenvalue weighted by atomic mass is 10.1. The third-order valence-corrected chi connectivity index (χ3v) is 3.72. The molecule has 2 rings (SSSR count). The van der Waals surface area contributed by atoms with Crippen molar-refractivity contribution in [1.82, 2.24) is 9.88 Å². The average Bonchev–Trinajstić information content (AvgIpc) is 2.46. The average molecular weight is 286 g/mol. The van der Waals surface area contributed by atoms with E-state index in [1.807, 2.05) is 45.0 Å². The zero-order chi connectivity index (χ0) is 15.4. The summed E-state index contributed by atoms with van der Waals surface area (Å²) in [7, 11) is 0. The maximum absolute atomic E-state index is 12.2. The monoisotopic (exact) mass is 286 g/mol. The molecule has 0 fully saturated rings. The molecule has 1 amide bonds. The highest BCUT2D eigenvalue weighted by Gasteiger charge is 2.13. The Kier molecular flexibility index (Phi) is 4.78. The van der Waals surface area contributed by atoms with Gasteiger partial charge in [-0.25, -0.2) is 0 Å². The molecule has 0 aliphatic rings. The van der Waals surface area contributed by atoms with Crippen molar-refractivity contribution in [3.63, 3.8) is 0 Å². The van der Waals surface area contributed by atoms with Crippen molar-refractivity contribution in [1.29, 1.82) is 0 Å². The molecule has 0 atom stereocenters. The van der Waals surface area contributed by atoms with Gasteiger partial charge in [0, 0.05) is 18.5 Å². The topological polar surface area (TPSA) is 53.2 Å². The minimum atomic E-state index is -0.112. The second-order valence-corrected chi connectivity index (χ2v) is 5.32. The lowest BCUT2D eigenvalue weighted by molar-refractivity contribution is -0.131. The van der Waals surface area contributed by atoms with Crippen LogP contribution in [0.3, 0.4) is 0 Å². The molecule has 4 nitrogen and oxygen atoms in total. The number of aromatic nitrogens is 1. The van der Waals surface area contributed by atoms with Gasteiger partial charge in [0.2, 0.25) is 5.91 Å². The van der Waals surface area contributed by atoms with E-state index < -0.39 is 0 Å². The molecule has 0 spiro atoms. The van der Waals surface area contributed by atoms with Gasteiger partial charge < -0.3 is 9.88 Å². The van der Waals surface area contributed by atoms with Gasteiger partial charge in [-0.1, -0.05) is 25.1 Å². The number of hydrogen-bond donors (Lipinski definition) is 1. The second-order valence-electron chi connectivity index (χ2n) is 5.32. The Morgan fingerprint density at radius 2 is 2.05 bits per heavy atom. The Labute approximate surface area is 124 Å². The van der Waals surface area contributed by atoms with Crippen LogP contribution in [0.25, 0.3) is 10.9 Å². The number of carbonyl (C=O) groups is 1. The first-order valence-corrected chi connectivity index (χ1v) is 7.46. The minimum absolute atomic E-state index is 0.101. The van der Waals surface area contributed by atoms with Gasteiger partial charge in [0.1, 0.15) is 0 Å². The molecule has 0 saturated heterocycles. The number of nitrogens with one attached hydrogen (secondary N) is 1. The van der Waals surface area contributed by atoms with E-state index >= 15 is 0 Å². The number of pyridine rings is 1. The highest BCUT2D eigenvalue weighted by atomic mass is 16.2. The quantitative estimate of drug-likeness (QED) is 0.918. The number of amides is 1. The second kappa shape index (κ2) is 6.57. The predicted molar refractivity (Wildman–Crippen MR) is 85.3 cm³/mol. The van der Waals surface area contributed by atoms with Crippen LogP contribution >= 0.6 is 0 Å². The van der Waals surface area contributed by atoms with Crippen molar-refractivity contribution in [3.8, 4) is 0 Å². The molecular formula is C17H22N2O2. The largest absolute Gasteiger partial charge is 0.338 e. The molecule has 1 aromatic carbocycles. The molecule has 1 aromatic heterocycles. The SMILES string of the molecule is CCCC(=O)N(CC)Cc1cc2cccc(C)c2[nH]c1=O. The van der Waals surface area contributed by atoms with E-state index in [9.17, 15) is 9.59 Å². The smallest absolute Gasteiger partial charge is 0.253 e. The fraction of sp³-hybridized carbons (Fsp3) is 0.412. The van der Waals surface area contributed by atoms with Crippen molar-refractivity contribution in [2.24, 2.45) is 0 Å². The van der Waals surface area contributed by atoms with E-state index in [0.29, 0.717) is 25.1 Å². The van der Waals surface area contributed by atoms with Crippen LogP contribution in [0.1, 0.15) is 37.8 Å². The number of aromatic amines is 1. The maximum Gasteiger partial charge on any atom is 0.253 e. The molecule has 0 aliphatic carbocycles. The number of benzene rings is 1. The summed E-state index contributed by atoms with van der Waals surface area (Å²) < 4.78 is 0. The summed E-state index contributed by atoms with van der Waals surface area (Å²) in [4.78, 5) is 28.9. The molecule has 0 aliphatic heterocycles. The van der Waals surface area contributed by atoms with E-state index in [4.69, 9.17) is 0 Å². The Hall–Kier alpha value is -2.10. The van der Waals surface area contributed by atoms with Crippen LogP contribution < -0.4 is 5.56 Å². The van der Waals surface area contributed by atoms with Crippen molar-refractivity contribution < 1.29 is 4.79 Å². The fourth-order valence-corrected chi connectivity index (χ4v) is 2.50. The number of fused-ring (bicyclic) bond motifs is 1. The third kappa shape index (κ3) is 3.32. The van der Waals surface area contributed by atoms with Crippen molar-refractivity contribution in [2.75, 3.05) is 6.54 Å². The lowest BCUT2D eigenvalue weighted by Gasteiger charge is -2.20. The van der Waals surface area contributed by atoms with Gasteiger partial charge in [-0.3, -0.25) is 9.59 Å². The molecule has 112 valence electrons. The highest BCUT2D eigenvalue weighted by Crippen LogP contribution is 2.16. The number of H-pyrrole nitrogens is 1. The van der Waals surface area contributed by atoms with Gasteiger partial charge >= 0.3 is 0 Å².